The molecule has 0 saturated carbocycles. The molecule has 0 aromatic heterocycles. The molecule has 2 heterocycles. The molecule has 168 valence electrons. The molecule has 2 atom stereocenters. The molecule has 2 aliphatic heterocycles. The lowest BCUT2D eigenvalue weighted by molar-refractivity contribution is -0.135. The topological polar surface area (TPSA) is 117 Å². The summed E-state index contributed by atoms with van der Waals surface area (Å²) in [4.78, 5) is 53.0. The van der Waals surface area contributed by atoms with E-state index in [1.54, 1.807) is 29.2 Å². The molecule has 2 aliphatic rings. The molecular weight excluding hydrogens is 400 g/mol. The number of carbonyl (C=O) groups excluding carboxylic acids is 4. The smallest absolute Gasteiger partial charge is 0.255 e. The maximum Gasteiger partial charge on any atom is 0.255 e. The van der Waals surface area contributed by atoms with Crippen LogP contribution in [0.3, 0.4) is 0 Å². The zero-order valence-corrected chi connectivity index (χ0v) is 18.0. The number of rotatable bonds is 2. The summed E-state index contributed by atoms with van der Waals surface area (Å²) in [6, 6.07) is 4.91. The van der Waals surface area contributed by atoms with Gasteiger partial charge in [0, 0.05) is 13.1 Å². The van der Waals surface area contributed by atoms with Crippen molar-refractivity contribution in [3.05, 3.63) is 29.8 Å². The predicted octanol–water partition coefficient (Wildman–Crippen LogP) is 0.447. The summed E-state index contributed by atoms with van der Waals surface area (Å²) in [7, 11) is 0. The van der Waals surface area contributed by atoms with Crippen molar-refractivity contribution in [2.45, 2.75) is 45.2 Å². The number of ether oxygens (including phenoxy) is 1. The van der Waals surface area contributed by atoms with E-state index in [9.17, 15) is 19.2 Å². The van der Waals surface area contributed by atoms with E-state index >= 15 is 0 Å². The quantitative estimate of drug-likeness (QED) is 0.630. The maximum absolute atomic E-state index is 13.0. The lowest BCUT2D eigenvalue weighted by Crippen LogP contribution is -2.54. The second kappa shape index (κ2) is 10.3. The highest BCUT2D eigenvalue weighted by Gasteiger charge is 2.32. The highest BCUT2D eigenvalue weighted by Crippen LogP contribution is 2.19. The molecule has 0 unspecified atom stereocenters. The molecule has 4 amide bonds. The van der Waals surface area contributed by atoms with Crippen LogP contribution in [0.4, 0.5) is 0 Å². The standard InChI is InChI=1S/C22H30N4O5/c1-14(2)19-21(29)23-9-12-31-17-8-4-3-7-15(17)20(28)24-16(13-18(27)25-19)22(30)26-10-5-6-11-26/h3-4,7-8,14,16,19H,5-6,9-13H2,1-2H3,(H,23,29)(H,24,28)(H,25,27)/t16-,19+/m0/s1. The average Bonchev–Trinajstić information content (AvgIpc) is 3.28. The van der Waals surface area contributed by atoms with Gasteiger partial charge < -0.3 is 25.6 Å². The molecule has 1 aromatic rings. The summed E-state index contributed by atoms with van der Waals surface area (Å²) in [5.74, 6) is -1.36. The Morgan fingerprint density at radius 3 is 2.52 bits per heavy atom. The van der Waals surface area contributed by atoms with E-state index in [0.29, 0.717) is 18.8 Å². The molecule has 1 fully saturated rings. The summed E-state index contributed by atoms with van der Waals surface area (Å²) in [6.07, 6.45) is 1.54. The van der Waals surface area contributed by atoms with E-state index in [4.69, 9.17) is 4.74 Å². The largest absolute Gasteiger partial charge is 0.491 e. The van der Waals surface area contributed by atoms with Crippen LogP contribution in [0.2, 0.25) is 0 Å². The Balaban J connectivity index is 1.89. The van der Waals surface area contributed by atoms with E-state index in [-0.39, 0.29) is 42.9 Å². The SMILES string of the molecule is CC(C)[C@H]1NC(=O)C[C@@H](C(=O)N2CCCC2)NC(=O)c2ccccc2OCCNC1=O. The van der Waals surface area contributed by atoms with Gasteiger partial charge in [-0.1, -0.05) is 26.0 Å². The molecule has 3 N–H and O–H groups in total. The van der Waals surface area contributed by atoms with Crippen molar-refractivity contribution < 1.29 is 23.9 Å². The first-order valence-corrected chi connectivity index (χ1v) is 10.8. The average molecular weight is 431 g/mol. The van der Waals surface area contributed by atoms with Crippen LogP contribution in [0.1, 0.15) is 43.5 Å². The molecule has 0 radical (unpaired) electrons. The van der Waals surface area contributed by atoms with E-state index < -0.39 is 23.9 Å². The van der Waals surface area contributed by atoms with Gasteiger partial charge in [-0.05, 0) is 30.9 Å². The highest BCUT2D eigenvalue weighted by molar-refractivity contribution is 6.01. The minimum Gasteiger partial charge on any atom is -0.491 e. The Morgan fingerprint density at radius 2 is 1.81 bits per heavy atom. The van der Waals surface area contributed by atoms with Crippen LogP contribution < -0.4 is 20.7 Å². The third kappa shape index (κ3) is 5.74. The van der Waals surface area contributed by atoms with Crippen molar-refractivity contribution in [2.24, 2.45) is 5.92 Å². The number of carbonyl (C=O) groups is 4. The number of hydrogen-bond acceptors (Lipinski definition) is 5. The Bertz CT molecular complexity index is 835. The first kappa shape index (κ1) is 22.6. The van der Waals surface area contributed by atoms with Gasteiger partial charge in [-0.3, -0.25) is 19.2 Å². The van der Waals surface area contributed by atoms with Gasteiger partial charge >= 0.3 is 0 Å². The summed E-state index contributed by atoms with van der Waals surface area (Å²) in [5, 5.41) is 8.19. The second-order valence-electron chi connectivity index (χ2n) is 8.19. The van der Waals surface area contributed by atoms with Crippen molar-refractivity contribution in [1.82, 2.24) is 20.9 Å². The number of nitrogens with one attached hydrogen (secondary N) is 3. The molecule has 3 rings (SSSR count). The lowest BCUT2D eigenvalue weighted by Gasteiger charge is -2.26. The molecular formula is C22H30N4O5. The van der Waals surface area contributed by atoms with Crippen molar-refractivity contribution in [3.8, 4) is 5.75 Å². The number of nitrogens with zero attached hydrogens (tertiary/aromatic N) is 1. The zero-order valence-electron chi connectivity index (χ0n) is 18.0. The van der Waals surface area contributed by atoms with Gasteiger partial charge in [0.15, 0.2) is 0 Å². The summed E-state index contributed by atoms with van der Waals surface area (Å²) < 4.78 is 5.71. The minimum absolute atomic E-state index is 0.152. The third-order valence-electron chi connectivity index (χ3n) is 5.47. The van der Waals surface area contributed by atoms with Gasteiger partial charge in [-0.25, -0.2) is 0 Å². The van der Waals surface area contributed by atoms with E-state index in [0.717, 1.165) is 12.8 Å². The summed E-state index contributed by atoms with van der Waals surface area (Å²) >= 11 is 0. The van der Waals surface area contributed by atoms with Crippen LogP contribution in [0.25, 0.3) is 0 Å². The molecule has 1 saturated heterocycles. The first-order chi connectivity index (χ1) is 14.9. The molecule has 31 heavy (non-hydrogen) atoms. The number of likely N-dealkylation sites (tertiary alicyclic amines) is 1. The molecule has 0 bridgehead atoms. The van der Waals surface area contributed by atoms with Crippen LogP contribution in [0.15, 0.2) is 24.3 Å². The van der Waals surface area contributed by atoms with Crippen LogP contribution in [-0.4, -0.2) is 66.9 Å². The number of amides is 4. The number of para-hydroxylation sites is 1. The monoisotopic (exact) mass is 430 g/mol. The summed E-state index contributed by atoms with van der Waals surface area (Å²) in [5.41, 5.74) is 0.269. The molecule has 9 heteroatoms. The Morgan fingerprint density at radius 1 is 1.10 bits per heavy atom. The predicted molar refractivity (Wildman–Crippen MR) is 113 cm³/mol. The fraction of sp³-hybridized carbons (Fsp3) is 0.545. The second-order valence-corrected chi connectivity index (χ2v) is 8.19. The maximum atomic E-state index is 13.0. The van der Waals surface area contributed by atoms with Crippen molar-refractivity contribution in [1.29, 1.82) is 0 Å². The number of benzene rings is 1. The highest BCUT2D eigenvalue weighted by atomic mass is 16.5. The Kier molecular flexibility index (Phi) is 7.49. The van der Waals surface area contributed by atoms with Crippen LogP contribution >= 0.6 is 0 Å². The van der Waals surface area contributed by atoms with Crippen molar-refractivity contribution >= 4 is 23.6 Å². The Hall–Kier alpha value is -3.10. The molecule has 0 aliphatic carbocycles. The van der Waals surface area contributed by atoms with Gasteiger partial charge in [0.2, 0.25) is 17.7 Å². The Labute approximate surface area is 181 Å². The molecule has 1 aromatic carbocycles. The van der Waals surface area contributed by atoms with Gasteiger partial charge in [0.25, 0.3) is 5.91 Å². The zero-order chi connectivity index (χ0) is 22.4. The molecule has 0 spiro atoms. The van der Waals surface area contributed by atoms with E-state index in [2.05, 4.69) is 16.0 Å². The van der Waals surface area contributed by atoms with Crippen LogP contribution in [-0.2, 0) is 14.4 Å². The van der Waals surface area contributed by atoms with Gasteiger partial charge in [-0.15, -0.1) is 0 Å². The minimum atomic E-state index is -1.03. The number of hydrogen-bond donors (Lipinski definition) is 3. The third-order valence-corrected chi connectivity index (χ3v) is 5.47. The fourth-order valence-electron chi connectivity index (χ4n) is 3.77. The van der Waals surface area contributed by atoms with Crippen molar-refractivity contribution in [2.75, 3.05) is 26.2 Å². The number of fused-ring (bicyclic) bond motifs is 1. The van der Waals surface area contributed by atoms with Crippen LogP contribution in [0, 0.1) is 5.92 Å². The van der Waals surface area contributed by atoms with Crippen LogP contribution in [0.5, 0.6) is 5.75 Å². The fourth-order valence-corrected chi connectivity index (χ4v) is 3.77. The molecule has 9 nitrogen and oxygen atoms in total. The van der Waals surface area contributed by atoms with Gasteiger partial charge in [0.05, 0.1) is 18.5 Å². The van der Waals surface area contributed by atoms with E-state index in [1.165, 1.54) is 0 Å². The van der Waals surface area contributed by atoms with Gasteiger partial charge in [-0.2, -0.15) is 0 Å². The van der Waals surface area contributed by atoms with Gasteiger partial charge in [0.1, 0.15) is 24.4 Å². The first-order valence-electron chi connectivity index (χ1n) is 10.8. The van der Waals surface area contributed by atoms with E-state index in [1.807, 2.05) is 13.8 Å². The normalized spacial score (nSPS) is 23.2. The lowest BCUT2D eigenvalue weighted by atomic mass is 10.0. The van der Waals surface area contributed by atoms with Crippen molar-refractivity contribution in [3.63, 3.8) is 0 Å². The summed E-state index contributed by atoms with van der Waals surface area (Å²) in [6.45, 7) is 5.24.